The Hall–Kier alpha value is -1.13. The molecule has 0 aromatic heterocycles. The van der Waals surface area contributed by atoms with Crippen LogP contribution in [0.5, 0.6) is 5.75 Å². The second-order valence-corrected chi connectivity index (χ2v) is 5.12. The van der Waals surface area contributed by atoms with E-state index in [0.717, 1.165) is 25.1 Å². The number of hydrogen-bond donors (Lipinski definition) is 1. The van der Waals surface area contributed by atoms with Crippen LogP contribution in [0.1, 0.15) is 18.9 Å². The van der Waals surface area contributed by atoms with Crippen molar-refractivity contribution in [1.29, 1.82) is 0 Å². The maximum atomic E-state index is 13.8. The first-order valence-corrected chi connectivity index (χ1v) is 6.40. The van der Waals surface area contributed by atoms with Crippen molar-refractivity contribution in [3.05, 3.63) is 29.6 Å². The Labute approximate surface area is 108 Å². The second-order valence-electron chi connectivity index (χ2n) is 5.12. The highest BCUT2D eigenvalue weighted by molar-refractivity contribution is 5.28. The highest BCUT2D eigenvalue weighted by Crippen LogP contribution is 2.21. The van der Waals surface area contributed by atoms with Crippen molar-refractivity contribution in [3.8, 4) is 5.75 Å². The molecule has 2 rings (SSSR count). The largest absolute Gasteiger partial charge is 0.497 e. The molecule has 0 aliphatic carbocycles. The fraction of sp³-hybridized carbons (Fsp3) is 0.571. The van der Waals surface area contributed by atoms with E-state index >= 15 is 0 Å². The standard InChI is InChI=1S/C14H21FN2O/c1-10-8-17(6-5-14(10)16)9-11-3-4-12(18-2)7-13(11)15/h3-4,7,10,14H,5-6,8-9,16H2,1-2H3. The van der Waals surface area contributed by atoms with Crippen molar-refractivity contribution >= 4 is 0 Å². The van der Waals surface area contributed by atoms with Gasteiger partial charge in [-0.1, -0.05) is 13.0 Å². The van der Waals surface area contributed by atoms with Gasteiger partial charge < -0.3 is 10.5 Å². The van der Waals surface area contributed by atoms with Crippen LogP contribution in [0.2, 0.25) is 0 Å². The van der Waals surface area contributed by atoms with Crippen LogP contribution < -0.4 is 10.5 Å². The molecule has 1 aromatic rings. The Balaban J connectivity index is 2.01. The Morgan fingerprint density at radius 1 is 1.50 bits per heavy atom. The average molecular weight is 252 g/mol. The minimum atomic E-state index is -0.197. The zero-order valence-corrected chi connectivity index (χ0v) is 11.0. The van der Waals surface area contributed by atoms with Crippen LogP contribution >= 0.6 is 0 Å². The normalized spacial score (nSPS) is 25.1. The second kappa shape index (κ2) is 5.67. The molecule has 4 heteroatoms. The fourth-order valence-corrected chi connectivity index (χ4v) is 2.42. The minimum Gasteiger partial charge on any atom is -0.497 e. The third kappa shape index (κ3) is 3.00. The zero-order valence-electron chi connectivity index (χ0n) is 11.0. The van der Waals surface area contributed by atoms with E-state index in [2.05, 4.69) is 11.8 Å². The summed E-state index contributed by atoms with van der Waals surface area (Å²) in [5.74, 6) is 0.835. The van der Waals surface area contributed by atoms with Crippen molar-refractivity contribution in [3.63, 3.8) is 0 Å². The zero-order chi connectivity index (χ0) is 13.1. The molecular formula is C14H21FN2O. The van der Waals surface area contributed by atoms with Gasteiger partial charge in [0.2, 0.25) is 0 Å². The van der Waals surface area contributed by atoms with Crippen LogP contribution in [0.25, 0.3) is 0 Å². The summed E-state index contributed by atoms with van der Waals surface area (Å²) in [5.41, 5.74) is 6.71. The number of methoxy groups -OCH3 is 1. The van der Waals surface area contributed by atoms with Crippen molar-refractivity contribution in [2.24, 2.45) is 11.7 Å². The van der Waals surface area contributed by atoms with Crippen LogP contribution in [0, 0.1) is 11.7 Å². The van der Waals surface area contributed by atoms with Crippen molar-refractivity contribution in [2.75, 3.05) is 20.2 Å². The Morgan fingerprint density at radius 3 is 2.89 bits per heavy atom. The predicted octanol–water partition coefficient (Wildman–Crippen LogP) is 2.00. The highest BCUT2D eigenvalue weighted by Gasteiger charge is 2.23. The van der Waals surface area contributed by atoms with Gasteiger partial charge in [0.1, 0.15) is 11.6 Å². The van der Waals surface area contributed by atoms with E-state index in [4.69, 9.17) is 10.5 Å². The van der Waals surface area contributed by atoms with Gasteiger partial charge in [-0.3, -0.25) is 4.90 Å². The Morgan fingerprint density at radius 2 is 2.28 bits per heavy atom. The molecule has 0 radical (unpaired) electrons. The summed E-state index contributed by atoms with van der Waals surface area (Å²) >= 11 is 0. The number of ether oxygens (including phenoxy) is 1. The molecule has 2 unspecified atom stereocenters. The summed E-state index contributed by atoms with van der Waals surface area (Å²) in [6.07, 6.45) is 0.985. The quantitative estimate of drug-likeness (QED) is 0.894. The molecule has 0 bridgehead atoms. The van der Waals surface area contributed by atoms with E-state index in [-0.39, 0.29) is 11.9 Å². The monoisotopic (exact) mass is 252 g/mol. The molecule has 1 aromatic carbocycles. The van der Waals surface area contributed by atoms with Gasteiger partial charge in [-0.05, 0) is 24.9 Å². The number of piperidine rings is 1. The smallest absolute Gasteiger partial charge is 0.131 e. The Bertz CT molecular complexity index is 411. The molecule has 3 nitrogen and oxygen atoms in total. The first kappa shape index (κ1) is 13.3. The first-order chi connectivity index (χ1) is 8.60. The summed E-state index contributed by atoms with van der Waals surface area (Å²) in [6.45, 7) is 4.68. The van der Waals surface area contributed by atoms with Crippen molar-refractivity contribution in [2.45, 2.75) is 25.9 Å². The lowest BCUT2D eigenvalue weighted by molar-refractivity contribution is 0.156. The average Bonchev–Trinajstić information content (AvgIpc) is 2.36. The van der Waals surface area contributed by atoms with Crippen molar-refractivity contribution < 1.29 is 9.13 Å². The number of nitrogens with two attached hydrogens (primary N) is 1. The third-order valence-electron chi connectivity index (χ3n) is 3.71. The van der Waals surface area contributed by atoms with Crippen LogP contribution in [-0.4, -0.2) is 31.1 Å². The first-order valence-electron chi connectivity index (χ1n) is 6.40. The molecule has 1 heterocycles. The fourth-order valence-electron chi connectivity index (χ4n) is 2.42. The van der Waals surface area contributed by atoms with Crippen LogP contribution in [-0.2, 0) is 6.54 Å². The molecule has 1 fully saturated rings. The van der Waals surface area contributed by atoms with E-state index in [1.165, 1.54) is 6.07 Å². The number of hydrogen-bond acceptors (Lipinski definition) is 3. The molecule has 0 amide bonds. The van der Waals surface area contributed by atoms with E-state index in [1.807, 2.05) is 0 Å². The van der Waals surface area contributed by atoms with E-state index in [0.29, 0.717) is 18.2 Å². The van der Waals surface area contributed by atoms with Gasteiger partial charge in [0.15, 0.2) is 0 Å². The van der Waals surface area contributed by atoms with Gasteiger partial charge in [0.25, 0.3) is 0 Å². The summed E-state index contributed by atoms with van der Waals surface area (Å²) in [6, 6.07) is 5.32. The molecule has 0 saturated carbocycles. The molecule has 1 aliphatic rings. The van der Waals surface area contributed by atoms with E-state index < -0.39 is 0 Å². The predicted molar refractivity (Wildman–Crippen MR) is 70.0 cm³/mol. The number of nitrogens with zero attached hydrogens (tertiary/aromatic N) is 1. The van der Waals surface area contributed by atoms with Crippen LogP contribution in [0.3, 0.4) is 0 Å². The number of rotatable bonds is 3. The molecule has 18 heavy (non-hydrogen) atoms. The van der Waals surface area contributed by atoms with Gasteiger partial charge >= 0.3 is 0 Å². The molecule has 1 saturated heterocycles. The van der Waals surface area contributed by atoms with Gasteiger partial charge in [-0.15, -0.1) is 0 Å². The van der Waals surface area contributed by atoms with Gasteiger partial charge in [0, 0.05) is 30.8 Å². The molecular weight excluding hydrogens is 231 g/mol. The van der Waals surface area contributed by atoms with E-state index in [9.17, 15) is 4.39 Å². The summed E-state index contributed by atoms with van der Waals surface area (Å²) in [4.78, 5) is 2.26. The topological polar surface area (TPSA) is 38.5 Å². The summed E-state index contributed by atoms with van der Waals surface area (Å²) < 4.78 is 18.8. The number of benzene rings is 1. The van der Waals surface area contributed by atoms with Crippen LogP contribution in [0.4, 0.5) is 4.39 Å². The molecule has 2 atom stereocenters. The molecule has 2 N–H and O–H groups in total. The van der Waals surface area contributed by atoms with Gasteiger partial charge in [-0.25, -0.2) is 4.39 Å². The molecule has 1 aliphatic heterocycles. The number of halogens is 1. The molecule has 100 valence electrons. The lowest BCUT2D eigenvalue weighted by Gasteiger charge is -2.35. The lowest BCUT2D eigenvalue weighted by atomic mass is 9.94. The number of likely N-dealkylation sites (tertiary alicyclic amines) is 1. The highest BCUT2D eigenvalue weighted by atomic mass is 19.1. The lowest BCUT2D eigenvalue weighted by Crippen LogP contribution is -2.45. The maximum absolute atomic E-state index is 13.8. The van der Waals surface area contributed by atoms with Crippen LogP contribution in [0.15, 0.2) is 18.2 Å². The van der Waals surface area contributed by atoms with Gasteiger partial charge in [-0.2, -0.15) is 0 Å². The minimum absolute atomic E-state index is 0.197. The third-order valence-corrected chi connectivity index (χ3v) is 3.71. The molecule has 0 spiro atoms. The summed E-state index contributed by atoms with van der Waals surface area (Å²) in [7, 11) is 1.54. The Kier molecular flexibility index (Phi) is 4.19. The summed E-state index contributed by atoms with van der Waals surface area (Å²) in [5, 5.41) is 0. The maximum Gasteiger partial charge on any atom is 0.131 e. The van der Waals surface area contributed by atoms with E-state index in [1.54, 1.807) is 19.2 Å². The van der Waals surface area contributed by atoms with Crippen molar-refractivity contribution in [1.82, 2.24) is 4.90 Å². The van der Waals surface area contributed by atoms with Gasteiger partial charge in [0.05, 0.1) is 7.11 Å². The SMILES string of the molecule is COc1ccc(CN2CCC(N)C(C)C2)c(F)c1.